The van der Waals surface area contributed by atoms with Crippen LogP contribution in [0.15, 0.2) is 57.4 Å². The van der Waals surface area contributed by atoms with Gasteiger partial charge in [-0.2, -0.15) is 0 Å². The Balaban J connectivity index is 1.84. The zero-order valence-electron chi connectivity index (χ0n) is 14.5. The molecule has 2 heterocycles. The molecule has 1 aliphatic rings. The van der Waals surface area contributed by atoms with Gasteiger partial charge in [-0.3, -0.25) is 0 Å². The molecular weight excluding hydrogens is 372 g/mol. The van der Waals surface area contributed by atoms with Crippen molar-refractivity contribution in [2.75, 3.05) is 0 Å². The van der Waals surface area contributed by atoms with E-state index in [4.69, 9.17) is 4.74 Å². The molecule has 8 heteroatoms. The van der Waals surface area contributed by atoms with Gasteiger partial charge in [0.05, 0.1) is 4.90 Å². The van der Waals surface area contributed by atoms with E-state index in [1.807, 2.05) is 17.5 Å². The van der Waals surface area contributed by atoms with Gasteiger partial charge in [0.15, 0.2) is 5.70 Å². The second-order valence-corrected chi connectivity index (χ2v) is 9.39. The lowest BCUT2D eigenvalue weighted by Crippen LogP contribution is -2.40. The van der Waals surface area contributed by atoms with E-state index in [-0.39, 0.29) is 16.5 Å². The maximum atomic E-state index is 12.3. The summed E-state index contributed by atoms with van der Waals surface area (Å²) in [5.74, 6) is -0.370. The Morgan fingerprint density at radius 3 is 2.42 bits per heavy atom. The van der Waals surface area contributed by atoms with Crippen LogP contribution in [0.5, 0.6) is 0 Å². The van der Waals surface area contributed by atoms with Crippen LogP contribution in [0.2, 0.25) is 0 Å². The molecule has 2 aromatic rings. The molecule has 0 bridgehead atoms. The Kier molecular flexibility index (Phi) is 4.83. The monoisotopic (exact) mass is 390 g/mol. The molecule has 1 aliphatic heterocycles. The summed E-state index contributed by atoms with van der Waals surface area (Å²) >= 11 is 1.49. The molecular formula is C18H18N2O4S2. The second-order valence-electron chi connectivity index (χ2n) is 6.73. The van der Waals surface area contributed by atoms with E-state index in [2.05, 4.69) is 9.71 Å². The number of hydrogen-bond acceptors (Lipinski definition) is 6. The zero-order chi connectivity index (χ0) is 18.9. The van der Waals surface area contributed by atoms with Gasteiger partial charge in [-0.15, -0.1) is 11.3 Å². The lowest BCUT2D eigenvalue weighted by atomic mass is 10.1. The highest BCUT2D eigenvalue weighted by atomic mass is 32.2. The number of benzene rings is 1. The molecule has 1 aromatic heterocycles. The highest BCUT2D eigenvalue weighted by Gasteiger charge is 2.26. The predicted molar refractivity (Wildman–Crippen MR) is 101 cm³/mol. The first-order valence-corrected chi connectivity index (χ1v) is 10.2. The Bertz CT molecular complexity index is 981. The van der Waals surface area contributed by atoms with E-state index in [0.29, 0.717) is 5.56 Å². The summed E-state index contributed by atoms with van der Waals surface area (Å²) < 4.78 is 32.4. The van der Waals surface area contributed by atoms with Gasteiger partial charge in [-0.05, 0) is 62.6 Å². The summed E-state index contributed by atoms with van der Waals surface area (Å²) in [7, 11) is -3.62. The molecule has 26 heavy (non-hydrogen) atoms. The summed E-state index contributed by atoms with van der Waals surface area (Å²) in [5, 5.41) is 1.90. The highest BCUT2D eigenvalue weighted by Crippen LogP contribution is 2.22. The van der Waals surface area contributed by atoms with Gasteiger partial charge in [0.2, 0.25) is 15.9 Å². The van der Waals surface area contributed by atoms with E-state index >= 15 is 0 Å². The largest absolute Gasteiger partial charge is 0.402 e. The SMILES string of the molecule is CC(C)(C)NS(=O)(=O)c1ccc(C2=N/C(=C/c3cccs3)C(=O)O2)cc1. The molecule has 6 nitrogen and oxygen atoms in total. The number of cyclic esters (lactones) is 1. The lowest BCUT2D eigenvalue weighted by molar-refractivity contribution is -0.129. The molecule has 3 rings (SSSR count). The molecule has 0 radical (unpaired) electrons. The maximum Gasteiger partial charge on any atom is 0.363 e. The summed E-state index contributed by atoms with van der Waals surface area (Å²) in [4.78, 5) is 17.2. The van der Waals surface area contributed by atoms with Gasteiger partial charge in [0.1, 0.15) is 0 Å². The summed E-state index contributed by atoms with van der Waals surface area (Å²) in [6.45, 7) is 5.31. The van der Waals surface area contributed by atoms with Crippen LogP contribution in [0.1, 0.15) is 31.2 Å². The highest BCUT2D eigenvalue weighted by molar-refractivity contribution is 7.89. The van der Waals surface area contributed by atoms with Gasteiger partial charge >= 0.3 is 5.97 Å². The number of aliphatic imine (C=N–C) groups is 1. The van der Waals surface area contributed by atoms with Gasteiger partial charge in [0.25, 0.3) is 0 Å². The molecule has 0 unspecified atom stereocenters. The Morgan fingerprint density at radius 2 is 1.85 bits per heavy atom. The van der Waals surface area contributed by atoms with Crippen molar-refractivity contribution >= 4 is 39.3 Å². The average Bonchev–Trinajstić information content (AvgIpc) is 3.16. The number of ether oxygens (including phenoxy) is 1. The zero-order valence-corrected chi connectivity index (χ0v) is 16.1. The number of rotatable bonds is 4. The molecule has 0 amide bonds. The third-order valence-electron chi connectivity index (χ3n) is 3.29. The normalized spacial score (nSPS) is 16.7. The van der Waals surface area contributed by atoms with E-state index in [1.165, 1.54) is 23.5 Å². The van der Waals surface area contributed by atoms with Crippen LogP contribution in [0.4, 0.5) is 0 Å². The predicted octanol–water partition coefficient (Wildman–Crippen LogP) is 3.17. The van der Waals surface area contributed by atoms with E-state index < -0.39 is 21.5 Å². The van der Waals surface area contributed by atoms with Crippen LogP contribution in [0.25, 0.3) is 6.08 Å². The quantitative estimate of drug-likeness (QED) is 0.642. The summed E-state index contributed by atoms with van der Waals surface area (Å²) in [6, 6.07) is 9.81. The van der Waals surface area contributed by atoms with Crippen molar-refractivity contribution < 1.29 is 17.9 Å². The molecule has 0 aliphatic carbocycles. The van der Waals surface area contributed by atoms with Crippen LogP contribution in [0.3, 0.4) is 0 Å². The number of thiophene rings is 1. The molecule has 1 aromatic carbocycles. The molecule has 0 saturated heterocycles. The minimum atomic E-state index is -3.62. The first-order valence-electron chi connectivity index (χ1n) is 7.85. The fourth-order valence-electron chi connectivity index (χ4n) is 2.28. The number of sulfonamides is 1. The second kappa shape index (κ2) is 6.79. The smallest absolute Gasteiger partial charge is 0.363 e. The maximum absolute atomic E-state index is 12.3. The fourth-order valence-corrected chi connectivity index (χ4v) is 4.35. The molecule has 0 spiro atoms. The molecule has 0 atom stereocenters. The minimum absolute atomic E-state index is 0.135. The van der Waals surface area contributed by atoms with Crippen molar-refractivity contribution in [3.63, 3.8) is 0 Å². The van der Waals surface area contributed by atoms with Crippen LogP contribution in [0, 0.1) is 0 Å². The minimum Gasteiger partial charge on any atom is -0.402 e. The van der Waals surface area contributed by atoms with E-state index in [0.717, 1.165) is 4.88 Å². The van der Waals surface area contributed by atoms with Crippen LogP contribution in [-0.2, 0) is 19.6 Å². The Labute approximate surface area is 156 Å². The number of esters is 1. The van der Waals surface area contributed by atoms with Crippen LogP contribution in [-0.4, -0.2) is 25.8 Å². The summed E-state index contributed by atoms with van der Waals surface area (Å²) in [5.41, 5.74) is 0.167. The fraction of sp³-hybridized carbons (Fsp3) is 0.222. The van der Waals surface area contributed by atoms with Crippen molar-refractivity contribution in [3.8, 4) is 0 Å². The molecule has 1 N–H and O–H groups in total. The number of carbonyl (C=O) groups excluding carboxylic acids is 1. The van der Waals surface area contributed by atoms with Crippen molar-refractivity contribution in [3.05, 3.63) is 57.9 Å². The van der Waals surface area contributed by atoms with Crippen LogP contribution < -0.4 is 4.72 Å². The summed E-state index contributed by atoms with van der Waals surface area (Å²) in [6.07, 6.45) is 1.66. The average molecular weight is 390 g/mol. The van der Waals surface area contributed by atoms with Gasteiger partial charge in [-0.1, -0.05) is 6.07 Å². The molecule has 136 valence electrons. The lowest BCUT2D eigenvalue weighted by Gasteiger charge is -2.20. The van der Waals surface area contributed by atoms with Gasteiger partial charge < -0.3 is 4.74 Å². The van der Waals surface area contributed by atoms with Crippen molar-refractivity contribution in [1.82, 2.24) is 4.72 Å². The third kappa shape index (κ3) is 4.27. The first-order chi connectivity index (χ1) is 12.1. The molecule has 0 saturated carbocycles. The first kappa shape index (κ1) is 18.5. The van der Waals surface area contributed by atoms with Gasteiger partial charge in [-0.25, -0.2) is 22.9 Å². The van der Waals surface area contributed by atoms with Gasteiger partial charge in [0, 0.05) is 16.0 Å². The van der Waals surface area contributed by atoms with Crippen molar-refractivity contribution in [2.24, 2.45) is 4.99 Å². The number of nitrogens with one attached hydrogen (secondary N) is 1. The van der Waals surface area contributed by atoms with E-state index in [9.17, 15) is 13.2 Å². The Morgan fingerprint density at radius 1 is 1.15 bits per heavy atom. The standard InChI is InChI=1S/C18H18N2O4S2/c1-18(2,3)20-26(22,23)14-8-6-12(7-9-14)16-19-15(17(21)24-16)11-13-5-4-10-25-13/h4-11,20H,1-3H3/b15-11+. The number of nitrogens with zero attached hydrogens (tertiary/aromatic N) is 1. The third-order valence-corrected chi connectivity index (χ3v) is 5.89. The van der Waals surface area contributed by atoms with Crippen molar-refractivity contribution in [2.45, 2.75) is 31.2 Å². The van der Waals surface area contributed by atoms with Crippen LogP contribution >= 0.6 is 11.3 Å². The number of hydrogen-bond donors (Lipinski definition) is 1. The molecule has 0 fully saturated rings. The van der Waals surface area contributed by atoms with E-state index in [1.54, 1.807) is 39.0 Å². The Hall–Kier alpha value is -2.29. The van der Waals surface area contributed by atoms with Crippen molar-refractivity contribution in [1.29, 1.82) is 0 Å². The topological polar surface area (TPSA) is 84.8 Å². The number of carbonyl (C=O) groups is 1.